The van der Waals surface area contributed by atoms with Gasteiger partial charge in [-0.05, 0) is 13.0 Å². The van der Waals surface area contributed by atoms with Crippen LogP contribution >= 0.6 is 0 Å². The molecular weight excluding hydrogens is 316 g/mol. The minimum atomic E-state index is -0.952. The van der Waals surface area contributed by atoms with Crippen molar-refractivity contribution in [3.63, 3.8) is 0 Å². The molecule has 5 heteroatoms. The summed E-state index contributed by atoms with van der Waals surface area (Å²) in [6.45, 7) is 3.74. The molecule has 0 spiro atoms. The summed E-state index contributed by atoms with van der Waals surface area (Å²) in [6, 6.07) is 16.8. The lowest BCUT2D eigenvalue weighted by molar-refractivity contribution is 0.0697. The van der Waals surface area contributed by atoms with Crippen molar-refractivity contribution in [2.45, 2.75) is 13.5 Å². The molecule has 0 bridgehead atoms. The number of aromatic carboxylic acids is 1. The van der Waals surface area contributed by atoms with Gasteiger partial charge in [-0.2, -0.15) is 0 Å². The molecule has 1 aromatic heterocycles. The average Bonchev–Trinajstić information content (AvgIpc) is 3.06. The molecule has 0 aliphatic carbocycles. The van der Waals surface area contributed by atoms with Gasteiger partial charge in [0.15, 0.2) is 0 Å². The summed E-state index contributed by atoms with van der Waals surface area (Å²) >= 11 is 0. The molecule has 0 aliphatic rings. The van der Waals surface area contributed by atoms with Crippen molar-refractivity contribution < 1.29 is 14.6 Å². The van der Waals surface area contributed by atoms with Crippen molar-refractivity contribution in [2.75, 3.05) is 13.2 Å². The standard InChI is InChI=1S/C20H20N2O3/c1-2-25-13-12-22-14-21-18(15-8-4-3-5-9-15)19(22)16-10-6-7-11-17(16)20(23)24/h3-11,14H,2,12-13H2,1H3,(H,23,24). The van der Waals surface area contributed by atoms with E-state index in [0.29, 0.717) is 25.3 Å². The molecule has 25 heavy (non-hydrogen) atoms. The number of rotatable bonds is 7. The first kappa shape index (κ1) is 16.9. The number of imidazole rings is 1. The molecule has 0 unspecified atom stereocenters. The summed E-state index contributed by atoms with van der Waals surface area (Å²) < 4.78 is 7.41. The highest BCUT2D eigenvalue weighted by Crippen LogP contribution is 2.33. The third-order valence-corrected chi connectivity index (χ3v) is 3.98. The number of nitrogens with zero attached hydrogens (tertiary/aromatic N) is 2. The van der Waals surface area contributed by atoms with E-state index in [-0.39, 0.29) is 5.56 Å². The van der Waals surface area contributed by atoms with Crippen LogP contribution in [0.3, 0.4) is 0 Å². The molecule has 0 atom stereocenters. The average molecular weight is 336 g/mol. The maximum atomic E-state index is 11.7. The Labute approximate surface area is 146 Å². The van der Waals surface area contributed by atoms with E-state index in [0.717, 1.165) is 17.0 Å². The van der Waals surface area contributed by atoms with Gasteiger partial charge in [0.1, 0.15) is 0 Å². The van der Waals surface area contributed by atoms with Gasteiger partial charge >= 0.3 is 5.97 Å². The highest BCUT2D eigenvalue weighted by atomic mass is 16.5. The number of hydrogen-bond acceptors (Lipinski definition) is 3. The first-order chi connectivity index (χ1) is 12.2. The number of aromatic nitrogens is 2. The molecule has 1 heterocycles. The van der Waals surface area contributed by atoms with E-state index < -0.39 is 5.97 Å². The SMILES string of the molecule is CCOCCn1cnc(-c2ccccc2)c1-c1ccccc1C(=O)O. The van der Waals surface area contributed by atoms with Crippen LogP contribution < -0.4 is 0 Å². The molecule has 1 N–H and O–H groups in total. The molecule has 2 aromatic carbocycles. The van der Waals surface area contributed by atoms with Crippen LogP contribution in [0.25, 0.3) is 22.5 Å². The van der Waals surface area contributed by atoms with Gasteiger partial charge in [0.05, 0.1) is 29.9 Å². The second-order valence-electron chi connectivity index (χ2n) is 5.55. The molecule has 0 amide bonds. The van der Waals surface area contributed by atoms with Crippen LogP contribution in [0.4, 0.5) is 0 Å². The third-order valence-electron chi connectivity index (χ3n) is 3.98. The summed E-state index contributed by atoms with van der Waals surface area (Å²) in [4.78, 5) is 16.2. The maximum absolute atomic E-state index is 11.7. The van der Waals surface area contributed by atoms with Crippen molar-refractivity contribution in [1.29, 1.82) is 0 Å². The van der Waals surface area contributed by atoms with Crippen molar-refractivity contribution in [2.24, 2.45) is 0 Å². The quantitative estimate of drug-likeness (QED) is 0.664. The molecule has 0 radical (unpaired) electrons. The molecule has 0 aliphatic heterocycles. The lowest BCUT2D eigenvalue weighted by Crippen LogP contribution is -2.08. The Morgan fingerprint density at radius 3 is 2.56 bits per heavy atom. The van der Waals surface area contributed by atoms with Gasteiger partial charge in [-0.3, -0.25) is 0 Å². The zero-order valence-corrected chi connectivity index (χ0v) is 14.1. The van der Waals surface area contributed by atoms with Crippen LogP contribution in [-0.4, -0.2) is 33.8 Å². The fraction of sp³-hybridized carbons (Fsp3) is 0.200. The normalized spacial score (nSPS) is 10.8. The number of carbonyl (C=O) groups is 1. The Balaban J connectivity index is 2.15. The van der Waals surface area contributed by atoms with Crippen LogP contribution in [0.15, 0.2) is 60.9 Å². The molecule has 0 saturated heterocycles. The van der Waals surface area contributed by atoms with Gasteiger partial charge in [0.25, 0.3) is 0 Å². The van der Waals surface area contributed by atoms with E-state index in [1.807, 2.05) is 54.0 Å². The topological polar surface area (TPSA) is 64.4 Å². The smallest absolute Gasteiger partial charge is 0.336 e. The number of hydrogen-bond donors (Lipinski definition) is 1. The van der Waals surface area contributed by atoms with E-state index in [1.54, 1.807) is 18.5 Å². The van der Waals surface area contributed by atoms with E-state index in [9.17, 15) is 9.90 Å². The van der Waals surface area contributed by atoms with Gasteiger partial charge in [0.2, 0.25) is 0 Å². The summed E-state index contributed by atoms with van der Waals surface area (Å²) in [5.74, 6) is -0.952. The molecule has 0 saturated carbocycles. The van der Waals surface area contributed by atoms with Gasteiger partial charge in [0, 0.05) is 24.3 Å². The number of carboxylic acids is 1. The molecule has 3 rings (SSSR count). The monoisotopic (exact) mass is 336 g/mol. The summed E-state index contributed by atoms with van der Waals surface area (Å²) in [7, 11) is 0. The number of benzene rings is 2. The summed E-state index contributed by atoms with van der Waals surface area (Å²) in [6.07, 6.45) is 1.75. The lowest BCUT2D eigenvalue weighted by Gasteiger charge is -2.13. The Bertz CT molecular complexity index is 856. The third kappa shape index (κ3) is 3.61. The van der Waals surface area contributed by atoms with E-state index in [4.69, 9.17) is 4.74 Å². The first-order valence-corrected chi connectivity index (χ1v) is 8.23. The van der Waals surface area contributed by atoms with E-state index >= 15 is 0 Å². The zero-order valence-electron chi connectivity index (χ0n) is 14.1. The Morgan fingerprint density at radius 2 is 1.84 bits per heavy atom. The predicted octanol–water partition coefficient (Wildman–Crippen LogP) is 3.95. The molecule has 5 nitrogen and oxygen atoms in total. The highest BCUT2D eigenvalue weighted by Gasteiger charge is 2.20. The lowest BCUT2D eigenvalue weighted by atomic mass is 10.00. The second-order valence-corrected chi connectivity index (χ2v) is 5.55. The Morgan fingerprint density at radius 1 is 1.12 bits per heavy atom. The number of carboxylic acid groups (broad SMARTS) is 1. The maximum Gasteiger partial charge on any atom is 0.336 e. The summed E-state index contributed by atoms with van der Waals surface area (Å²) in [5, 5.41) is 9.58. The molecule has 3 aromatic rings. The van der Waals surface area contributed by atoms with Crippen LogP contribution in [-0.2, 0) is 11.3 Å². The minimum Gasteiger partial charge on any atom is -0.478 e. The van der Waals surface area contributed by atoms with Crippen molar-refractivity contribution in [1.82, 2.24) is 9.55 Å². The number of ether oxygens (including phenoxy) is 1. The van der Waals surface area contributed by atoms with Crippen molar-refractivity contribution in [3.05, 3.63) is 66.5 Å². The molecule has 128 valence electrons. The fourth-order valence-electron chi connectivity index (χ4n) is 2.82. The van der Waals surface area contributed by atoms with Gasteiger partial charge < -0.3 is 14.4 Å². The summed E-state index contributed by atoms with van der Waals surface area (Å²) in [5.41, 5.74) is 3.43. The van der Waals surface area contributed by atoms with Crippen molar-refractivity contribution in [3.8, 4) is 22.5 Å². The van der Waals surface area contributed by atoms with Gasteiger partial charge in [-0.15, -0.1) is 0 Å². The van der Waals surface area contributed by atoms with Crippen LogP contribution in [0.5, 0.6) is 0 Å². The molecule has 0 fully saturated rings. The van der Waals surface area contributed by atoms with Gasteiger partial charge in [-0.25, -0.2) is 9.78 Å². The molecular formula is C20H20N2O3. The largest absolute Gasteiger partial charge is 0.478 e. The van der Waals surface area contributed by atoms with E-state index in [2.05, 4.69) is 4.98 Å². The van der Waals surface area contributed by atoms with Gasteiger partial charge in [-0.1, -0.05) is 48.5 Å². The zero-order chi connectivity index (χ0) is 17.6. The highest BCUT2D eigenvalue weighted by molar-refractivity contribution is 5.97. The van der Waals surface area contributed by atoms with Crippen LogP contribution in [0, 0.1) is 0 Å². The van der Waals surface area contributed by atoms with Crippen LogP contribution in [0.2, 0.25) is 0 Å². The Hall–Kier alpha value is -2.92. The minimum absolute atomic E-state index is 0.262. The second kappa shape index (κ2) is 7.77. The predicted molar refractivity (Wildman–Crippen MR) is 96.6 cm³/mol. The Kier molecular flexibility index (Phi) is 5.26. The fourth-order valence-corrected chi connectivity index (χ4v) is 2.82. The van der Waals surface area contributed by atoms with E-state index in [1.165, 1.54) is 0 Å². The van der Waals surface area contributed by atoms with Crippen molar-refractivity contribution >= 4 is 5.97 Å². The van der Waals surface area contributed by atoms with Crippen LogP contribution in [0.1, 0.15) is 17.3 Å². The first-order valence-electron chi connectivity index (χ1n) is 8.23.